The van der Waals surface area contributed by atoms with Crippen LogP contribution in [0.25, 0.3) is 0 Å². The fraction of sp³-hybridized carbons (Fsp3) is 0.500. The van der Waals surface area contributed by atoms with Crippen molar-refractivity contribution in [1.82, 2.24) is 4.72 Å². The van der Waals surface area contributed by atoms with Crippen molar-refractivity contribution in [2.45, 2.75) is 29.7 Å². The Bertz CT molecular complexity index is 557. The largest absolute Gasteiger partial charge is 0.379 e. The molecule has 1 aliphatic rings. The number of hydrogen-bond donors (Lipinski definition) is 3. The second kappa shape index (κ2) is 5.63. The van der Waals surface area contributed by atoms with Gasteiger partial charge in [-0.15, -0.1) is 0 Å². The fourth-order valence-corrected chi connectivity index (χ4v) is 2.85. The van der Waals surface area contributed by atoms with Crippen LogP contribution in [0.15, 0.2) is 29.2 Å². The molecule has 1 saturated carbocycles. The highest BCUT2D eigenvalue weighted by atomic mass is 32.2. The van der Waals surface area contributed by atoms with E-state index in [1.54, 1.807) is 0 Å². The summed E-state index contributed by atoms with van der Waals surface area (Å²) in [4.78, 5) is 0.125. The van der Waals surface area contributed by atoms with Crippen molar-refractivity contribution in [3.63, 3.8) is 0 Å². The molecule has 0 atom stereocenters. The summed E-state index contributed by atoms with van der Waals surface area (Å²) in [6.07, 6.45) is 1.71. The molecule has 20 heavy (non-hydrogen) atoms. The molecule has 0 heterocycles. The Kier molecular flexibility index (Phi) is 4.26. The molecule has 0 aromatic heterocycles. The SMILES string of the molecule is NCC(F)(F)CNc1ccc(S(=O)(=O)NC2CC2)cc1. The van der Waals surface area contributed by atoms with Crippen molar-refractivity contribution < 1.29 is 17.2 Å². The summed E-state index contributed by atoms with van der Waals surface area (Å²) in [6, 6.07) is 5.70. The quantitative estimate of drug-likeness (QED) is 0.705. The molecule has 2 rings (SSSR count). The Morgan fingerprint density at radius 1 is 1.25 bits per heavy atom. The van der Waals surface area contributed by atoms with Crippen LogP contribution in [0.5, 0.6) is 0 Å². The Morgan fingerprint density at radius 2 is 1.85 bits per heavy atom. The van der Waals surface area contributed by atoms with Gasteiger partial charge in [0.1, 0.15) is 0 Å². The van der Waals surface area contributed by atoms with E-state index in [0.29, 0.717) is 5.69 Å². The zero-order valence-electron chi connectivity index (χ0n) is 10.8. The smallest absolute Gasteiger partial charge is 0.276 e. The first-order chi connectivity index (χ1) is 9.32. The molecule has 1 aromatic carbocycles. The molecule has 0 aliphatic heterocycles. The predicted octanol–water partition coefficient (Wildman–Crippen LogP) is 1.13. The topological polar surface area (TPSA) is 84.2 Å². The third-order valence-electron chi connectivity index (χ3n) is 2.91. The second-order valence-corrected chi connectivity index (χ2v) is 6.55. The standard InChI is InChI=1S/C12H17F2N3O2S/c13-12(14,7-15)8-16-9-3-5-11(6-4-9)20(18,19)17-10-1-2-10/h3-6,10,16-17H,1-2,7-8,15H2. The summed E-state index contributed by atoms with van der Waals surface area (Å²) >= 11 is 0. The number of sulfonamides is 1. The van der Waals surface area contributed by atoms with E-state index in [1.807, 2.05) is 0 Å². The predicted molar refractivity (Wildman–Crippen MR) is 72.3 cm³/mol. The van der Waals surface area contributed by atoms with Gasteiger partial charge in [-0.3, -0.25) is 0 Å². The molecule has 0 spiro atoms. The molecule has 0 bridgehead atoms. The van der Waals surface area contributed by atoms with Gasteiger partial charge >= 0.3 is 0 Å². The molecule has 5 nitrogen and oxygen atoms in total. The minimum Gasteiger partial charge on any atom is -0.379 e. The van der Waals surface area contributed by atoms with E-state index in [-0.39, 0.29) is 10.9 Å². The normalized spacial score (nSPS) is 16.1. The van der Waals surface area contributed by atoms with E-state index in [9.17, 15) is 17.2 Å². The van der Waals surface area contributed by atoms with Gasteiger partial charge < -0.3 is 11.1 Å². The van der Waals surface area contributed by atoms with Gasteiger partial charge in [0, 0.05) is 11.7 Å². The highest BCUT2D eigenvalue weighted by Crippen LogP contribution is 2.23. The van der Waals surface area contributed by atoms with E-state index in [1.165, 1.54) is 24.3 Å². The molecule has 0 saturated heterocycles. The monoisotopic (exact) mass is 305 g/mol. The van der Waals surface area contributed by atoms with Gasteiger partial charge in [-0.1, -0.05) is 0 Å². The number of rotatable bonds is 7. The summed E-state index contributed by atoms with van der Waals surface area (Å²) in [5, 5.41) is 2.52. The molecule has 0 unspecified atom stereocenters. The van der Waals surface area contributed by atoms with Crippen LogP contribution < -0.4 is 15.8 Å². The van der Waals surface area contributed by atoms with Crippen LogP contribution in [0.3, 0.4) is 0 Å². The van der Waals surface area contributed by atoms with E-state index >= 15 is 0 Å². The number of halogens is 2. The van der Waals surface area contributed by atoms with Crippen LogP contribution >= 0.6 is 0 Å². The van der Waals surface area contributed by atoms with Crippen molar-refractivity contribution in [2.75, 3.05) is 18.4 Å². The molecular weight excluding hydrogens is 288 g/mol. The van der Waals surface area contributed by atoms with Crippen molar-refractivity contribution in [3.8, 4) is 0 Å². The van der Waals surface area contributed by atoms with Crippen LogP contribution in [-0.2, 0) is 10.0 Å². The first-order valence-electron chi connectivity index (χ1n) is 6.26. The second-order valence-electron chi connectivity index (χ2n) is 4.83. The van der Waals surface area contributed by atoms with E-state index < -0.39 is 29.0 Å². The minimum atomic E-state index is -3.51. The van der Waals surface area contributed by atoms with Gasteiger partial charge in [-0.25, -0.2) is 21.9 Å². The van der Waals surface area contributed by atoms with Gasteiger partial charge in [0.25, 0.3) is 5.92 Å². The summed E-state index contributed by atoms with van der Waals surface area (Å²) < 4.78 is 52.3. The maximum Gasteiger partial charge on any atom is 0.276 e. The van der Waals surface area contributed by atoms with Crippen molar-refractivity contribution in [3.05, 3.63) is 24.3 Å². The van der Waals surface area contributed by atoms with Crippen LogP contribution in [0.4, 0.5) is 14.5 Å². The molecule has 1 fully saturated rings. The molecular formula is C12H17F2N3O2S. The van der Waals surface area contributed by atoms with E-state index in [0.717, 1.165) is 12.8 Å². The zero-order chi connectivity index (χ0) is 14.8. The number of hydrogen-bond acceptors (Lipinski definition) is 4. The lowest BCUT2D eigenvalue weighted by Crippen LogP contribution is -2.35. The maximum absolute atomic E-state index is 13.0. The Labute approximate surface area is 116 Å². The lowest BCUT2D eigenvalue weighted by atomic mass is 10.3. The molecule has 8 heteroatoms. The summed E-state index contributed by atoms with van der Waals surface area (Å²) in [5.41, 5.74) is 5.35. The third kappa shape index (κ3) is 4.12. The van der Waals surface area contributed by atoms with Crippen LogP contribution in [0.1, 0.15) is 12.8 Å². The van der Waals surface area contributed by atoms with Gasteiger partial charge in [0.05, 0.1) is 18.0 Å². The Morgan fingerprint density at radius 3 is 2.35 bits per heavy atom. The van der Waals surface area contributed by atoms with Crippen molar-refractivity contribution in [1.29, 1.82) is 0 Å². The average Bonchev–Trinajstić information content (AvgIpc) is 3.20. The molecule has 1 aliphatic carbocycles. The average molecular weight is 305 g/mol. The molecule has 112 valence electrons. The molecule has 1 aromatic rings. The first kappa shape index (κ1) is 15.1. The fourth-order valence-electron chi connectivity index (χ4n) is 1.54. The van der Waals surface area contributed by atoms with Crippen LogP contribution in [0.2, 0.25) is 0 Å². The molecule has 0 radical (unpaired) electrons. The summed E-state index contributed by atoms with van der Waals surface area (Å²) in [7, 11) is -3.51. The lowest BCUT2D eigenvalue weighted by Gasteiger charge is -2.15. The van der Waals surface area contributed by atoms with Crippen LogP contribution in [-0.4, -0.2) is 33.5 Å². The highest BCUT2D eigenvalue weighted by molar-refractivity contribution is 7.89. The van der Waals surface area contributed by atoms with Crippen molar-refractivity contribution in [2.24, 2.45) is 5.73 Å². The number of alkyl halides is 2. The van der Waals surface area contributed by atoms with E-state index in [4.69, 9.17) is 5.73 Å². The van der Waals surface area contributed by atoms with Gasteiger partial charge in [-0.05, 0) is 37.1 Å². The van der Waals surface area contributed by atoms with Crippen LogP contribution in [0, 0.1) is 0 Å². The molecule has 4 N–H and O–H groups in total. The molecule has 0 amide bonds. The van der Waals surface area contributed by atoms with Crippen molar-refractivity contribution >= 4 is 15.7 Å². The third-order valence-corrected chi connectivity index (χ3v) is 4.45. The number of benzene rings is 1. The zero-order valence-corrected chi connectivity index (χ0v) is 11.6. The number of nitrogens with two attached hydrogens (primary N) is 1. The van der Waals surface area contributed by atoms with Gasteiger partial charge in [-0.2, -0.15) is 0 Å². The highest BCUT2D eigenvalue weighted by Gasteiger charge is 2.28. The maximum atomic E-state index is 13.0. The minimum absolute atomic E-state index is 0.0287. The Balaban J connectivity index is 1.99. The first-order valence-corrected chi connectivity index (χ1v) is 7.75. The van der Waals surface area contributed by atoms with Gasteiger partial charge in [0.2, 0.25) is 10.0 Å². The lowest BCUT2D eigenvalue weighted by molar-refractivity contribution is 0.0254. The number of nitrogens with one attached hydrogen (secondary N) is 2. The number of anilines is 1. The van der Waals surface area contributed by atoms with E-state index in [2.05, 4.69) is 10.0 Å². The Hall–Kier alpha value is -1.25. The van der Waals surface area contributed by atoms with Gasteiger partial charge in [0.15, 0.2) is 0 Å². The summed E-state index contributed by atoms with van der Waals surface area (Å²) in [5.74, 6) is -2.99. The summed E-state index contributed by atoms with van der Waals surface area (Å²) in [6.45, 7) is -1.33.